The maximum Gasteiger partial charge on any atom is 0.135 e. The highest BCUT2D eigenvalue weighted by Gasteiger charge is 2.16. The van der Waals surface area contributed by atoms with Crippen molar-refractivity contribution in [1.29, 1.82) is 5.41 Å². The van der Waals surface area contributed by atoms with Crippen LogP contribution in [0.3, 0.4) is 0 Å². The Morgan fingerprint density at radius 1 is 1.33 bits per heavy atom. The van der Waals surface area contributed by atoms with Gasteiger partial charge in [0.1, 0.15) is 11.6 Å². The average molecular weight is 303 g/mol. The molecule has 0 aliphatic heterocycles. The predicted molar refractivity (Wildman–Crippen MR) is 87.6 cm³/mol. The van der Waals surface area contributed by atoms with Crippen LogP contribution in [0.25, 0.3) is 0 Å². The number of aromatic nitrogens is 1. The minimum atomic E-state index is 0.0990. The van der Waals surface area contributed by atoms with Gasteiger partial charge in [-0.1, -0.05) is 31.5 Å². The van der Waals surface area contributed by atoms with Gasteiger partial charge in [0, 0.05) is 6.42 Å². The van der Waals surface area contributed by atoms with E-state index in [4.69, 9.17) is 15.9 Å². The SMILES string of the molecule is Cc1ccc(OCCc2nc(C(C)C)c(C(=N)N)s2)cc1. The molecule has 0 unspecified atom stereocenters. The molecule has 3 N–H and O–H groups in total. The molecule has 0 saturated heterocycles. The molecule has 0 aliphatic carbocycles. The molecule has 1 aromatic heterocycles. The van der Waals surface area contributed by atoms with Gasteiger partial charge in [0.15, 0.2) is 0 Å². The molecule has 0 bridgehead atoms. The monoisotopic (exact) mass is 303 g/mol. The summed E-state index contributed by atoms with van der Waals surface area (Å²) in [6, 6.07) is 8.00. The summed E-state index contributed by atoms with van der Waals surface area (Å²) in [4.78, 5) is 5.38. The Bertz CT molecular complexity index is 617. The highest BCUT2D eigenvalue weighted by Crippen LogP contribution is 2.25. The number of nitrogens with one attached hydrogen (secondary N) is 1. The van der Waals surface area contributed by atoms with Crippen LogP contribution in [0.1, 0.15) is 40.9 Å². The third-order valence-electron chi connectivity index (χ3n) is 3.09. The normalized spacial score (nSPS) is 10.9. The first kappa shape index (κ1) is 15.5. The molecule has 21 heavy (non-hydrogen) atoms. The first-order chi connectivity index (χ1) is 9.97. The van der Waals surface area contributed by atoms with Crippen LogP contribution in [0.4, 0.5) is 0 Å². The van der Waals surface area contributed by atoms with E-state index < -0.39 is 0 Å². The lowest BCUT2D eigenvalue weighted by molar-refractivity contribution is 0.321. The Morgan fingerprint density at radius 3 is 2.52 bits per heavy atom. The van der Waals surface area contributed by atoms with E-state index in [0.717, 1.165) is 27.7 Å². The second-order valence-electron chi connectivity index (χ2n) is 5.30. The van der Waals surface area contributed by atoms with E-state index in [-0.39, 0.29) is 11.8 Å². The zero-order valence-electron chi connectivity index (χ0n) is 12.6. The molecule has 4 nitrogen and oxygen atoms in total. The third-order valence-corrected chi connectivity index (χ3v) is 4.26. The van der Waals surface area contributed by atoms with Gasteiger partial charge >= 0.3 is 0 Å². The smallest absolute Gasteiger partial charge is 0.135 e. The Balaban J connectivity index is 1.98. The lowest BCUT2D eigenvalue weighted by atomic mass is 10.1. The Labute approximate surface area is 129 Å². The zero-order valence-corrected chi connectivity index (χ0v) is 13.5. The van der Waals surface area contributed by atoms with Crippen LogP contribution in [-0.2, 0) is 6.42 Å². The molecular weight excluding hydrogens is 282 g/mol. The van der Waals surface area contributed by atoms with Gasteiger partial charge in [-0.3, -0.25) is 5.41 Å². The molecule has 0 radical (unpaired) electrons. The number of rotatable bonds is 6. The number of benzene rings is 1. The predicted octanol–water partition coefficient (Wildman–Crippen LogP) is 3.48. The highest BCUT2D eigenvalue weighted by atomic mass is 32.1. The molecule has 0 aliphatic rings. The summed E-state index contributed by atoms with van der Waals surface area (Å²) in [5.41, 5.74) is 7.75. The van der Waals surface area contributed by atoms with Gasteiger partial charge in [-0.05, 0) is 25.0 Å². The summed E-state index contributed by atoms with van der Waals surface area (Å²) in [6.45, 7) is 6.75. The topological polar surface area (TPSA) is 72.0 Å². The van der Waals surface area contributed by atoms with Gasteiger partial charge in [0.2, 0.25) is 0 Å². The third kappa shape index (κ3) is 4.04. The lowest BCUT2D eigenvalue weighted by Gasteiger charge is -2.05. The van der Waals surface area contributed by atoms with Crippen molar-refractivity contribution in [2.45, 2.75) is 33.1 Å². The molecule has 2 aromatic rings. The molecule has 5 heteroatoms. The second kappa shape index (κ2) is 6.72. The minimum absolute atomic E-state index is 0.0990. The molecule has 1 heterocycles. The number of thiazole rings is 1. The van der Waals surface area contributed by atoms with E-state index in [1.165, 1.54) is 16.9 Å². The van der Waals surface area contributed by atoms with Crippen molar-refractivity contribution >= 4 is 17.2 Å². The summed E-state index contributed by atoms with van der Waals surface area (Å²) in [6.07, 6.45) is 0.728. The number of nitrogens with two attached hydrogens (primary N) is 1. The largest absolute Gasteiger partial charge is 0.493 e. The van der Waals surface area contributed by atoms with Crippen molar-refractivity contribution in [1.82, 2.24) is 4.98 Å². The Morgan fingerprint density at radius 2 is 2.00 bits per heavy atom. The summed E-state index contributed by atoms with van der Waals surface area (Å²) in [5, 5.41) is 8.60. The fraction of sp³-hybridized carbons (Fsp3) is 0.375. The summed E-state index contributed by atoms with van der Waals surface area (Å²) < 4.78 is 5.72. The standard InChI is InChI=1S/C16H21N3OS/c1-10(2)14-15(16(17)18)21-13(19-14)8-9-20-12-6-4-11(3)5-7-12/h4-7,10H,8-9H2,1-3H3,(H3,17,18). The maximum atomic E-state index is 7.63. The lowest BCUT2D eigenvalue weighted by Crippen LogP contribution is -2.12. The van der Waals surface area contributed by atoms with E-state index in [1.54, 1.807) is 0 Å². The number of nitrogens with zero attached hydrogens (tertiary/aromatic N) is 1. The zero-order chi connectivity index (χ0) is 15.4. The van der Waals surface area contributed by atoms with Crippen LogP contribution < -0.4 is 10.5 Å². The molecular formula is C16H21N3OS. The first-order valence-corrected chi connectivity index (χ1v) is 7.82. The number of ether oxygens (including phenoxy) is 1. The van der Waals surface area contributed by atoms with Gasteiger partial charge < -0.3 is 10.5 Å². The van der Waals surface area contributed by atoms with Crippen LogP contribution in [0, 0.1) is 12.3 Å². The van der Waals surface area contributed by atoms with Crippen LogP contribution >= 0.6 is 11.3 Å². The molecule has 2 rings (SSSR count). The van der Waals surface area contributed by atoms with Crippen LogP contribution in [0.5, 0.6) is 5.75 Å². The van der Waals surface area contributed by atoms with Crippen molar-refractivity contribution in [2.24, 2.45) is 5.73 Å². The van der Waals surface area contributed by atoms with Crippen molar-refractivity contribution < 1.29 is 4.74 Å². The van der Waals surface area contributed by atoms with Crippen molar-refractivity contribution in [2.75, 3.05) is 6.61 Å². The van der Waals surface area contributed by atoms with Crippen LogP contribution in [0.2, 0.25) is 0 Å². The first-order valence-electron chi connectivity index (χ1n) is 7.01. The minimum Gasteiger partial charge on any atom is -0.493 e. The number of hydrogen-bond donors (Lipinski definition) is 2. The molecule has 0 fully saturated rings. The fourth-order valence-electron chi connectivity index (χ4n) is 1.96. The van der Waals surface area contributed by atoms with Gasteiger partial charge in [0.25, 0.3) is 0 Å². The van der Waals surface area contributed by atoms with Crippen LogP contribution in [0.15, 0.2) is 24.3 Å². The van der Waals surface area contributed by atoms with Gasteiger partial charge in [-0.15, -0.1) is 11.3 Å². The highest BCUT2D eigenvalue weighted by molar-refractivity contribution is 7.13. The summed E-state index contributed by atoms with van der Waals surface area (Å²) >= 11 is 1.49. The molecule has 0 atom stereocenters. The second-order valence-corrected chi connectivity index (χ2v) is 6.39. The van der Waals surface area contributed by atoms with E-state index in [9.17, 15) is 0 Å². The van der Waals surface area contributed by atoms with E-state index in [0.29, 0.717) is 6.61 Å². The molecule has 0 amide bonds. The van der Waals surface area contributed by atoms with Gasteiger partial charge in [0.05, 0.1) is 22.2 Å². The molecule has 0 saturated carbocycles. The van der Waals surface area contributed by atoms with Crippen molar-refractivity contribution in [3.05, 3.63) is 45.4 Å². The molecule has 0 spiro atoms. The van der Waals surface area contributed by atoms with Crippen molar-refractivity contribution in [3.8, 4) is 5.75 Å². The van der Waals surface area contributed by atoms with Gasteiger partial charge in [-0.25, -0.2) is 4.98 Å². The number of nitrogen functional groups attached to an aromatic ring is 1. The molecule has 112 valence electrons. The van der Waals surface area contributed by atoms with E-state index >= 15 is 0 Å². The van der Waals surface area contributed by atoms with E-state index in [1.807, 2.05) is 24.3 Å². The van der Waals surface area contributed by atoms with Crippen LogP contribution in [-0.4, -0.2) is 17.4 Å². The quantitative estimate of drug-likeness (QED) is 0.634. The maximum absolute atomic E-state index is 7.63. The molecule has 1 aromatic carbocycles. The van der Waals surface area contributed by atoms with Crippen molar-refractivity contribution in [3.63, 3.8) is 0 Å². The Hall–Kier alpha value is -1.88. The average Bonchev–Trinajstić information content (AvgIpc) is 2.86. The van der Waals surface area contributed by atoms with E-state index in [2.05, 4.69) is 25.8 Å². The van der Waals surface area contributed by atoms with Gasteiger partial charge in [-0.2, -0.15) is 0 Å². The number of hydrogen-bond acceptors (Lipinski definition) is 4. The number of aryl methyl sites for hydroxylation is 1. The Kier molecular flexibility index (Phi) is 4.96. The summed E-state index contributed by atoms with van der Waals surface area (Å²) in [7, 11) is 0. The fourth-order valence-corrected chi connectivity index (χ4v) is 3.02. The number of amidine groups is 1. The summed E-state index contributed by atoms with van der Waals surface area (Å²) in [5.74, 6) is 1.24.